The molecule has 0 saturated heterocycles. The molecule has 0 amide bonds. The molecule has 0 saturated carbocycles. The van der Waals surface area contributed by atoms with E-state index >= 15 is 0 Å². The van der Waals surface area contributed by atoms with Gasteiger partial charge in [-0.2, -0.15) is 0 Å². The Morgan fingerprint density at radius 3 is 1.00 bits per heavy atom. The van der Waals surface area contributed by atoms with Gasteiger partial charge in [0.05, 0.1) is 0 Å². The molecule has 0 fully saturated rings. The first-order chi connectivity index (χ1) is 23.7. The Labute approximate surface area is 296 Å². The molecule has 0 spiro atoms. The van der Waals surface area contributed by atoms with Gasteiger partial charge in [0.1, 0.15) is 0 Å². The molecule has 0 N–H and O–H groups in total. The number of hydrogen-bond donors (Lipinski definition) is 0. The maximum atomic E-state index is 2.46. The van der Waals surface area contributed by atoms with E-state index in [1.165, 1.54) is 179 Å². The zero-order valence-corrected chi connectivity index (χ0v) is 31.1. The van der Waals surface area contributed by atoms with E-state index in [9.17, 15) is 0 Å². The normalized spacial score (nSPS) is 12.2. The third-order valence-corrected chi connectivity index (χ3v) is 13.3. The predicted molar refractivity (Wildman–Crippen MR) is 220 cm³/mol. The van der Waals surface area contributed by atoms with Crippen LogP contribution >= 0.6 is 22.7 Å². The van der Waals surface area contributed by atoms with Crippen LogP contribution in [0.2, 0.25) is 0 Å². The number of aryl methyl sites for hydroxylation is 2. The molecular weight excluding hydrogens is 617 g/mol. The largest absolute Gasteiger partial charge is 0.140 e. The Bertz CT molecular complexity index is 1970. The lowest BCUT2D eigenvalue weighted by Crippen LogP contribution is -1.83. The molecule has 5 aromatic carbocycles. The number of fused-ring (bicyclic) bond motifs is 11. The Morgan fingerprint density at radius 1 is 0.333 bits per heavy atom. The van der Waals surface area contributed by atoms with Crippen molar-refractivity contribution in [3.63, 3.8) is 0 Å². The van der Waals surface area contributed by atoms with Crippen LogP contribution in [-0.2, 0) is 12.8 Å². The number of unbranched alkanes of at least 4 members (excludes halogenated alkanes) is 14. The van der Waals surface area contributed by atoms with Gasteiger partial charge in [-0.15, -0.1) is 22.7 Å². The predicted octanol–water partition coefficient (Wildman–Crippen LogP) is 16.1. The van der Waals surface area contributed by atoms with Gasteiger partial charge in [-0.1, -0.05) is 164 Å². The monoisotopic (exact) mass is 670 g/mol. The second-order valence-electron chi connectivity index (χ2n) is 14.4. The van der Waals surface area contributed by atoms with Gasteiger partial charge < -0.3 is 0 Å². The molecule has 2 heteroatoms. The molecule has 0 aliphatic carbocycles. The van der Waals surface area contributed by atoms with E-state index in [1.54, 1.807) is 9.75 Å². The minimum Gasteiger partial charge on any atom is -0.140 e. The van der Waals surface area contributed by atoms with Crippen molar-refractivity contribution in [2.45, 2.75) is 129 Å². The summed E-state index contributed by atoms with van der Waals surface area (Å²) in [6.45, 7) is 4.60. The molecule has 2 heterocycles. The van der Waals surface area contributed by atoms with Crippen LogP contribution in [0.15, 0.2) is 72.8 Å². The third-order valence-electron chi connectivity index (χ3n) is 10.8. The molecule has 48 heavy (non-hydrogen) atoms. The first-order valence-corrected chi connectivity index (χ1v) is 21.0. The quantitative estimate of drug-likeness (QED) is 0.0630. The van der Waals surface area contributed by atoms with Gasteiger partial charge in [-0.05, 0) is 80.9 Å². The molecule has 0 aliphatic rings. The van der Waals surface area contributed by atoms with E-state index in [2.05, 4.69) is 86.6 Å². The SMILES string of the molecule is CCCCCCCCCCc1cc2ccc3c4ccc5c(ccc6c5ccc5cc(CCCCCCCCCC)sc56)c4ccc3c2s1. The van der Waals surface area contributed by atoms with E-state index in [-0.39, 0.29) is 0 Å². The first-order valence-electron chi connectivity index (χ1n) is 19.4. The van der Waals surface area contributed by atoms with Gasteiger partial charge in [-0.3, -0.25) is 0 Å². The van der Waals surface area contributed by atoms with Crippen molar-refractivity contribution >= 4 is 85.9 Å². The standard InChI is InChI=1S/C46H54S2/c1-3-5-7-9-11-13-15-17-19-35-31-33-21-23-41-39-25-26-40-38(37(39)27-29-43(41)45(33)47-35)28-30-44-42(40)24-22-34-32-36(48-46(34)44)20-18-16-14-12-10-8-6-4-2/h21-32H,3-20H2,1-2H3. The number of thiophene rings is 2. The van der Waals surface area contributed by atoms with Gasteiger partial charge in [-0.25, -0.2) is 0 Å². The van der Waals surface area contributed by atoms with E-state index in [0.29, 0.717) is 0 Å². The van der Waals surface area contributed by atoms with Crippen LogP contribution in [0.4, 0.5) is 0 Å². The average molecular weight is 671 g/mol. The Balaban J connectivity index is 1.09. The topological polar surface area (TPSA) is 0 Å². The molecule has 7 aromatic rings. The van der Waals surface area contributed by atoms with Gasteiger partial charge in [0, 0.05) is 29.9 Å². The maximum absolute atomic E-state index is 2.46. The number of benzene rings is 5. The fourth-order valence-electron chi connectivity index (χ4n) is 8.07. The van der Waals surface area contributed by atoms with Crippen LogP contribution in [0.25, 0.3) is 63.3 Å². The summed E-state index contributed by atoms with van der Waals surface area (Å²) in [6, 6.07) is 28.8. The fourth-order valence-corrected chi connectivity index (χ4v) is 10.5. The van der Waals surface area contributed by atoms with Gasteiger partial charge >= 0.3 is 0 Å². The molecule has 0 radical (unpaired) electrons. The lowest BCUT2D eigenvalue weighted by Gasteiger charge is -2.11. The smallest absolute Gasteiger partial charge is 0.0424 e. The first kappa shape index (κ1) is 33.6. The van der Waals surface area contributed by atoms with Crippen LogP contribution < -0.4 is 0 Å². The van der Waals surface area contributed by atoms with Crippen molar-refractivity contribution in [3.8, 4) is 0 Å². The third kappa shape index (κ3) is 7.31. The summed E-state index contributed by atoms with van der Waals surface area (Å²) in [7, 11) is 0. The van der Waals surface area contributed by atoms with Crippen LogP contribution in [-0.4, -0.2) is 0 Å². The van der Waals surface area contributed by atoms with Gasteiger partial charge in [0.15, 0.2) is 0 Å². The summed E-state index contributed by atoms with van der Waals surface area (Å²) in [5, 5.41) is 13.9. The number of hydrogen-bond acceptors (Lipinski definition) is 2. The second kappa shape index (κ2) is 16.2. The Morgan fingerprint density at radius 2 is 0.625 bits per heavy atom. The van der Waals surface area contributed by atoms with Crippen molar-refractivity contribution in [3.05, 3.63) is 82.6 Å². The highest BCUT2D eigenvalue weighted by Crippen LogP contribution is 2.41. The summed E-state index contributed by atoms with van der Waals surface area (Å²) < 4.78 is 2.93. The van der Waals surface area contributed by atoms with Crippen molar-refractivity contribution in [1.82, 2.24) is 0 Å². The van der Waals surface area contributed by atoms with Crippen LogP contribution in [0.5, 0.6) is 0 Å². The Kier molecular flexibility index (Phi) is 11.3. The summed E-state index contributed by atoms with van der Waals surface area (Å²) in [5.74, 6) is 0. The zero-order chi connectivity index (χ0) is 32.7. The molecule has 7 rings (SSSR count). The van der Waals surface area contributed by atoms with Crippen molar-refractivity contribution in [2.24, 2.45) is 0 Å². The van der Waals surface area contributed by atoms with Crippen LogP contribution in [0, 0.1) is 0 Å². The van der Waals surface area contributed by atoms with Crippen LogP contribution in [0.1, 0.15) is 126 Å². The highest BCUT2D eigenvalue weighted by atomic mass is 32.1. The molecule has 0 nitrogen and oxygen atoms in total. The molecule has 2 aromatic heterocycles. The van der Waals surface area contributed by atoms with E-state index in [1.807, 2.05) is 22.7 Å². The minimum atomic E-state index is 1.22. The summed E-state index contributed by atoms with van der Waals surface area (Å²) >= 11 is 4.06. The fraction of sp³-hybridized carbons (Fsp3) is 0.435. The average Bonchev–Trinajstić information content (AvgIpc) is 3.74. The lowest BCUT2D eigenvalue weighted by atomic mass is 9.93. The van der Waals surface area contributed by atoms with E-state index in [0.717, 1.165) is 0 Å². The van der Waals surface area contributed by atoms with Crippen molar-refractivity contribution < 1.29 is 0 Å². The molecule has 250 valence electrons. The zero-order valence-electron chi connectivity index (χ0n) is 29.5. The number of rotatable bonds is 18. The summed E-state index contributed by atoms with van der Waals surface area (Å²) in [5.41, 5.74) is 0. The molecule has 0 unspecified atom stereocenters. The molecule has 0 aliphatic heterocycles. The maximum Gasteiger partial charge on any atom is 0.0424 e. The summed E-state index contributed by atoms with van der Waals surface area (Å²) in [6.07, 6.45) is 24.6. The molecular formula is C46H54S2. The van der Waals surface area contributed by atoms with Gasteiger partial charge in [0.25, 0.3) is 0 Å². The molecule has 0 atom stereocenters. The highest BCUT2D eigenvalue weighted by molar-refractivity contribution is 7.20. The lowest BCUT2D eigenvalue weighted by molar-refractivity contribution is 0.576. The van der Waals surface area contributed by atoms with Crippen LogP contribution in [0.3, 0.4) is 0 Å². The van der Waals surface area contributed by atoms with E-state index < -0.39 is 0 Å². The summed E-state index contributed by atoms with van der Waals surface area (Å²) in [4.78, 5) is 3.10. The van der Waals surface area contributed by atoms with Crippen molar-refractivity contribution in [1.29, 1.82) is 0 Å². The van der Waals surface area contributed by atoms with Crippen molar-refractivity contribution in [2.75, 3.05) is 0 Å². The van der Waals surface area contributed by atoms with Gasteiger partial charge in [0.2, 0.25) is 0 Å². The second-order valence-corrected chi connectivity index (χ2v) is 16.7. The molecule has 0 bridgehead atoms. The van der Waals surface area contributed by atoms with E-state index in [4.69, 9.17) is 0 Å². The minimum absolute atomic E-state index is 1.22. The Hall–Kier alpha value is -2.94. The highest BCUT2D eigenvalue weighted by Gasteiger charge is 2.13.